The van der Waals surface area contributed by atoms with Gasteiger partial charge in [-0.05, 0) is 56.7 Å². The molecule has 0 bridgehead atoms. The lowest BCUT2D eigenvalue weighted by atomic mass is 10.0. The molecule has 0 aliphatic carbocycles. The zero-order chi connectivity index (χ0) is 48.5. The SMILES string of the molecule is CCCCCC(=O)NCCOCCNC(=O)[C@H](CCC(=O)Nc1c(C)cc(C)c(Br)c1C)NC(=O)CCC(C(=O)O)N1CCN(CC(=O)O)CCN(CC(=O)O)CCN(CC(=O)O)CC1. The van der Waals surface area contributed by atoms with Crippen LogP contribution in [0.15, 0.2) is 10.5 Å². The van der Waals surface area contributed by atoms with Crippen LogP contribution in [0.4, 0.5) is 5.69 Å². The van der Waals surface area contributed by atoms with Crippen LogP contribution in [0.5, 0.6) is 0 Å². The third kappa shape index (κ3) is 22.8. The van der Waals surface area contributed by atoms with Crippen LogP contribution in [-0.4, -0.2) is 198 Å². The van der Waals surface area contributed by atoms with Gasteiger partial charge in [0.15, 0.2) is 0 Å². The molecule has 1 aliphatic rings. The number of carbonyl (C=O) groups excluding carboxylic acids is 4. The lowest BCUT2D eigenvalue weighted by Crippen LogP contribution is -2.52. The number of carboxylic acids is 4. The predicted molar refractivity (Wildman–Crippen MR) is 244 cm³/mol. The molecule has 1 saturated heterocycles. The van der Waals surface area contributed by atoms with Crippen molar-refractivity contribution in [3.05, 3.63) is 27.2 Å². The van der Waals surface area contributed by atoms with E-state index >= 15 is 0 Å². The molecule has 1 aromatic rings. The zero-order valence-corrected chi connectivity index (χ0v) is 39.7. The van der Waals surface area contributed by atoms with Crippen LogP contribution in [0.3, 0.4) is 0 Å². The smallest absolute Gasteiger partial charge is 0.320 e. The van der Waals surface area contributed by atoms with Crippen molar-refractivity contribution in [3.63, 3.8) is 0 Å². The Morgan fingerprint density at radius 3 is 1.68 bits per heavy atom. The lowest BCUT2D eigenvalue weighted by molar-refractivity contribution is -0.145. The number of nitrogens with one attached hydrogen (secondary N) is 4. The Kier molecular flexibility index (Phi) is 26.4. The number of benzene rings is 1. The second-order valence-electron chi connectivity index (χ2n) is 16.2. The van der Waals surface area contributed by atoms with E-state index < -0.39 is 66.8 Å². The molecule has 0 spiro atoms. The number of unbranched alkanes of at least 4 members (excludes halogenated alkanes) is 2. The molecule has 0 aromatic heterocycles. The van der Waals surface area contributed by atoms with Gasteiger partial charge in [-0.25, -0.2) is 0 Å². The highest BCUT2D eigenvalue weighted by Crippen LogP contribution is 2.31. The van der Waals surface area contributed by atoms with Crippen LogP contribution in [0.25, 0.3) is 0 Å². The van der Waals surface area contributed by atoms with Crippen LogP contribution in [0.2, 0.25) is 0 Å². The Balaban J connectivity index is 2.20. The monoisotopic (exact) mass is 984 g/mol. The molecule has 22 heteroatoms. The van der Waals surface area contributed by atoms with Gasteiger partial charge in [-0.1, -0.05) is 41.8 Å². The van der Waals surface area contributed by atoms with Gasteiger partial charge in [0, 0.05) is 94.9 Å². The number of hydrogen-bond donors (Lipinski definition) is 8. The van der Waals surface area contributed by atoms with Gasteiger partial charge in [0.25, 0.3) is 0 Å². The fourth-order valence-corrected chi connectivity index (χ4v) is 7.68. The lowest BCUT2D eigenvalue weighted by Gasteiger charge is -2.35. The molecule has 2 atom stereocenters. The summed E-state index contributed by atoms with van der Waals surface area (Å²) in [7, 11) is 0. The number of anilines is 1. The van der Waals surface area contributed by atoms with Crippen LogP contribution in [0.1, 0.15) is 75.0 Å². The molecule has 1 heterocycles. The molecule has 8 N–H and O–H groups in total. The van der Waals surface area contributed by atoms with Crippen LogP contribution in [-0.2, 0) is 43.1 Å². The van der Waals surface area contributed by atoms with E-state index in [-0.39, 0.29) is 110 Å². The summed E-state index contributed by atoms with van der Waals surface area (Å²) in [5.41, 5.74) is 3.28. The molecular formula is C43H69BrN8O13. The Bertz CT molecular complexity index is 1740. The second kappa shape index (κ2) is 30.5. The van der Waals surface area contributed by atoms with Gasteiger partial charge in [0.2, 0.25) is 23.6 Å². The highest BCUT2D eigenvalue weighted by molar-refractivity contribution is 9.10. The van der Waals surface area contributed by atoms with E-state index in [9.17, 15) is 58.8 Å². The minimum Gasteiger partial charge on any atom is -0.480 e. The number of aliphatic carboxylic acids is 4. The Hall–Kier alpha value is -4.74. The number of carboxylic acid groups (broad SMARTS) is 4. The quantitative estimate of drug-likeness (QED) is 0.0573. The fourth-order valence-electron chi connectivity index (χ4n) is 7.37. The van der Waals surface area contributed by atoms with Crippen LogP contribution >= 0.6 is 15.9 Å². The molecular weight excluding hydrogens is 916 g/mol. The number of amides is 4. The van der Waals surface area contributed by atoms with Gasteiger partial charge in [-0.2, -0.15) is 0 Å². The van der Waals surface area contributed by atoms with Crippen molar-refractivity contribution in [3.8, 4) is 0 Å². The number of ether oxygens (including phenoxy) is 1. The first-order valence-corrected chi connectivity index (χ1v) is 22.9. The van der Waals surface area contributed by atoms with Gasteiger partial charge in [0.1, 0.15) is 12.1 Å². The van der Waals surface area contributed by atoms with Crippen LogP contribution in [0, 0.1) is 20.8 Å². The average Bonchev–Trinajstić information content (AvgIpc) is 3.22. The summed E-state index contributed by atoms with van der Waals surface area (Å²) in [4.78, 5) is 106. The highest BCUT2D eigenvalue weighted by Gasteiger charge is 2.30. The number of nitrogens with zero attached hydrogens (tertiary/aromatic N) is 4. The van der Waals surface area contributed by atoms with Crippen molar-refractivity contribution in [1.29, 1.82) is 0 Å². The average molecular weight is 986 g/mol. The summed E-state index contributed by atoms with van der Waals surface area (Å²) in [5, 5.41) is 50.1. The molecule has 1 unspecified atom stereocenters. The minimum absolute atomic E-state index is 0.0236. The largest absolute Gasteiger partial charge is 0.480 e. The Labute approximate surface area is 389 Å². The van der Waals surface area contributed by atoms with Gasteiger partial charge < -0.3 is 46.4 Å². The first-order chi connectivity index (χ1) is 30.8. The van der Waals surface area contributed by atoms with E-state index in [0.717, 1.165) is 40.4 Å². The molecule has 1 aliphatic heterocycles. The molecule has 21 nitrogen and oxygen atoms in total. The van der Waals surface area contributed by atoms with E-state index in [1.54, 1.807) is 19.6 Å². The van der Waals surface area contributed by atoms with Crippen molar-refractivity contribution in [2.75, 3.05) is 104 Å². The summed E-state index contributed by atoms with van der Waals surface area (Å²) >= 11 is 3.55. The maximum Gasteiger partial charge on any atom is 0.320 e. The first kappa shape index (κ1) is 56.4. The number of rotatable bonds is 27. The molecule has 1 fully saturated rings. The molecule has 366 valence electrons. The third-order valence-corrected chi connectivity index (χ3v) is 12.1. The van der Waals surface area contributed by atoms with Crippen molar-refractivity contribution < 1.29 is 63.5 Å². The van der Waals surface area contributed by atoms with Gasteiger partial charge in [0.05, 0.1) is 32.8 Å². The van der Waals surface area contributed by atoms with Crippen molar-refractivity contribution in [2.24, 2.45) is 0 Å². The highest BCUT2D eigenvalue weighted by atomic mass is 79.9. The zero-order valence-electron chi connectivity index (χ0n) is 38.1. The van der Waals surface area contributed by atoms with Gasteiger partial charge in [-0.3, -0.25) is 58.0 Å². The van der Waals surface area contributed by atoms with Crippen LogP contribution < -0.4 is 21.3 Å². The number of aryl methyl sites for hydroxylation is 2. The number of hydrogen-bond acceptors (Lipinski definition) is 13. The summed E-state index contributed by atoms with van der Waals surface area (Å²) in [5.74, 6) is -6.37. The van der Waals surface area contributed by atoms with E-state index in [4.69, 9.17) is 4.74 Å². The molecule has 0 radical (unpaired) electrons. The Morgan fingerprint density at radius 2 is 1.17 bits per heavy atom. The van der Waals surface area contributed by atoms with Gasteiger partial charge in [-0.15, -0.1) is 0 Å². The molecule has 2 rings (SSSR count). The second-order valence-corrected chi connectivity index (χ2v) is 17.0. The van der Waals surface area contributed by atoms with E-state index in [1.807, 2.05) is 26.8 Å². The third-order valence-electron chi connectivity index (χ3n) is 10.9. The fraction of sp³-hybridized carbons (Fsp3) is 0.674. The number of halogens is 1. The predicted octanol–water partition coefficient (Wildman–Crippen LogP) is 1.12. The maximum atomic E-state index is 13.5. The topological polar surface area (TPSA) is 288 Å². The molecule has 1 aromatic carbocycles. The van der Waals surface area contributed by atoms with Crippen molar-refractivity contribution in [2.45, 2.75) is 91.1 Å². The van der Waals surface area contributed by atoms with E-state index in [2.05, 4.69) is 44.1 Å². The first-order valence-electron chi connectivity index (χ1n) is 22.1. The minimum atomic E-state index is -1.28. The summed E-state index contributed by atoms with van der Waals surface area (Å²) in [6, 6.07) is -0.546. The summed E-state index contributed by atoms with van der Waals surface area (Å²) < 4.78 is 6.39. The molecule has 4 amide bonds. The summed E-state index contributed by atoms with van der Waals surface area (Å²) in [6.07, 6.45) is 2.37. The normalized spacial score (nSPS) is 15.7. The van der Waals surface area contributed by atoms with Crippen molar-refractivity contribution in [1.82, 2.24) is 35.6 Å². The molecule has 0 saturated carbocycles. The van der Waals surface area contributed by atoms with E-state index in [1.165, 1.54) is 0 Å². The van der Waals surface area contributed by atoms with E-state index in [0.29, 0.717) is 18.7 Å². The standard InChI is InChI=1S/C43H69BrN8O13/c1-5-6-7-8-34(53)45-13-23-65-24-14-46-42(62)32(9-11-36(55)48-41-30(3)25-29(2)40(44)31(41)4)47-35(54)12-10-33(43(63)64)52-21-19-50(27-38(58)59)17-15-49(26-37(56)57)16-18-51(20-22-52)28-39(60)61/h25,32-33H,5-24,26-28H2,1-4H3,(H,45,53)(H,46,62)(H,47,54)(H,48,55)(H,56,57)(H,58,59)(H,60,61)(H,63,64)/t32-,33?/m0/s1. The maximum absolute atomic E-state index is 13.5. The Morgan fingerprint density at radius 1 is 0.662 bits per heavy atom. The summed E-state index contributed by atoms with van der Waals surface area (Å²) in [6.45, 7) is 8.04. The number of carbonyl (C=O) groups is 8. The van der Waals surface area contributed by atoms with Crippen molar-refractivity contribution >= 4 is 69.1 Å². The molecule has 65 heavy (non-hydrogen) atoms. The van der Waals surface area contributed by atoms with Gasteiger partial charge >= 0.3 is 23.9 Å².